The largest absolute Gasteiger partial charge is 0.481 e. The van der Waals surface area contributed by atoms with Crippen molar-refractivity contribution in [2.45, 2.75) is 197 Å². The molecule has 11 heterocycles. The molecule has 0 aromatic heterocycles. The Bertz CT molecular complexity index is 6940. The number of carbonyl (C=O) groups excluding carboxylic acids is 17. The Labute approximate surface area is 833 Å². The zero-order valence-electron chi connectivity index (χ0n) is 78.3. The molecule has 0 radical (unpaired) electrons. The predicted octanol–water partition coefficient (Wildman–Crippen LogP) is 6.41. The molecule has 4 fully saturated rings. The molecular weight excluding hydrogens is 1960 g/mol. The van der Waals surface area contributed by atoms with Gasteiger partial charge in [0.15, 0.2) is 0 Å². The summed E-state index contributed by atoms with van der Waals surface area (Å²) in [7, 11) is 0. The van der Waals surface area contributed by atoms with E-state index in [0.29, 0.717) is 50.0 Å². The molecule has 18 rings (SSSR count). The summed E-state index contributed by atoms with van der Waals surface area (Å²) in [6.45, 7) is 7.29. The van der Waals surface area contributed by atoms with Crippen LogP contribution in [0.3, 0.4) is 0 Å². The van der Waals surface area contributed by atoms with Gasteiger partial charge in [-0.25, -0.2) is 33.6 Å². The van der Waals surface area contributed by atoms with E-state index in [1.54, 1.807) is 67.6 Å². The Morgan fingerprint density at radius 2 is 0.796 bits per heavy atom. The van der Waals surface area contributed by atoms with E-state index in [9.17, 15) is 146 Å². The number of nitrogen functional groups attached to an aromatic ring is 4. The van der Waals surface area contributed by atoms with Gasteiger partial charge in [-0.15, -0.1) is 0 Å². The van der Waals surface area contributed by atoms with E-state index in [0.717, 1.165) is 32.8 Å². The SMILES string of the molecule is CC(CCC(=O)O)(C(=O)O)N1C(=O)c2cccc(N)c2C1=O.CC(CCC(=O)O)(C(=O)O)N1Cc2c(cccc2[N+](=O)[O-])C1=O.CC1(N2C(=O)c3cccc(N)c3C2=O)CCC(=O)OC1=O.CC1(N2Cc3c(N)cccc3C2=O)CCC(=O)OC1=O.CC1(N2Cc3c(cccc3[N+](=O)[O-])C2=O)CCC(=O)OC1=O.Nc1cccc2c1CN(C1CCC(=O)OC1=O)C2=O.O=C(O)CCC(C(=O)O)N1Cc2c(Cl)cccc2C1=O. The molecule has 9 amide bonds. The van der Waals surface area contributed by atoms with E-state index in [4.69, 9.17) is 49.9 Å². The highest BCUT2D eigenvalue weighted by Gasteiger charge is 2.58. The molecule has 147 heavy (non-hydrogen) atoms. The number of ether oxygens (including phenoxy) is 4. The molecule has 0 saturated carbocycles. The van der Waals surface area contributed by atoms with Crippen molar-refractivity contribution in [3.63, 3.8) is 0 Å². The predicted molar refractivity (Wildman–Crippen MR) is 496 cm³/mol. The fourth-order valence-corrected chi connectivity index (χ4v) is 18.2. The lowest BCUT2D eigenvalue weighted by Gasteiger charge is -2.38. The third-order valence-electron chi connectivity index (χ3n) is 26.7. The van der Waals surface area contributed by atoms with Crippen molar-refractivity contribution in [3.05, 3.63) is 231 Å². The van der Waals surface area contributed by atoms with Gasteiger partial charge < -0.3 is 97.0 Å². The normalized spacial score (nSPS) is 20.6. The molecule has 0 aliphatic carbocycles. The second-order valence-electron chi connectivity index (χ2n) is 35.8. The van der Waals surface area contributed by atoms with Crippen LogP contribution in [-0.4, -0.2) is 251 Å². The van der Waals surface area contributed by atoms with Crippen molar-refractivity contribution in [2.24, 2.45) is 0 Å². The summed E-state index contributed by atoms with van der Waals surface area (Å²) >= 11 is 5.99. The molecule has 51 heteroatoms. The highest BCUT2D eigenvalue weighted by atomic mass is 35.5. The summed E-state index contributed by atoms with van der Waals surface area (Å²) in [5.41, 5.74) is 20.8. The molecule has 50 nitrogen and oxygen atoms in total. The first-order valence-corrected chi connectivity index (χ1v) is 44.9. The average molecular weight is 2050 g/mol. The Morgan fingerprint density at radius 3 is 1.21 bits per heavy atom. The second-order valence-corrected chi connectivity index (χ2v) is 36.2. The molecule has 0 spiro atoms. The van der Waals surface area contributed by atoms with Gasteiger partial charge in [0, 0.05) is 138 Å². The molecule has 11 aliphatic rings. The summed E-state index contributed by atoms with van der Waals surface area (Å²) in [5.74, 6) is -17.8. The van der Waals surface area contributed by atoms with Gasteiger partial charge >= 0.3 is 83.6 Å². The van der Waals surface area contributed by atoms with Gasteiger partial charge in [-0.3, -0.25) is 107 Å². The molecule has 0 bridgehead atoms. The summed E-state index contributed by atoms with van der Waals surface area (Å²) in [6, 6.07) is 30.3. The Kier molecular flexibility index (Phi) is 30.9. The van der Waals surface area contributed by atoms with E-state index in [1.807, 2.05) is 0 Å². The standard InChI is InChI=1S/C14H14N2O7.C14H12N2O6.C14H14N2O6.C14H12N2O5.C14H14N2O4.C13H12ClNO5.C13H12N2O4/c1-14(13(20)21,6-5-11(17)18)15-7-9-8(12(15)19)3-2-4-10(9)16(22)23;1-14(6-5-11(17)22-13(14)19)15-7-9-8(12(15)18)3-2-4-10(9)16(20)21;1-14(13(21)22,6-5-9(17)18)16-11(19)7-3-2-4-8(15)10(7)12(16)20;1-14(6-5-9(17)21-13(14)20)16-11(18)7-3-2-4-8(15)10(7)12(16)19;1-14(6-5-11(17)20-13(14)19)16-7-9-8(12(16)18)3-2-4-10(9)15;14-9-3-1-2-7-8(9)6-15(12(7)18)10(13(19)20)4-5-11(16)17;14-9-3-1-2-7-8(9)6-15(12(7)17)10-4-5-11(16)19-13(10)18/h2-4H,5-7H2,1H3,(H,17,18)(H,20,21);2-4H,5-7H2,1H3;2-4H,5-6,15H2,1H3,(H,17,18)(H,21,22);2-4H,5-6,15H2,1H3;2-4H,5-7,15H2,1H3;1-3,10H,4-6H2,(H,16,17)(H,19,20);1-3,10H,4-6,14H2. The van der Waals surface area contributed by atoms with Crippen molar-refractivity contribution < 1.29 is 170 Å². The van der Waals surface area contributed by atoms with Crippen LogP contribution in [0.2, 0.25) is 5.02 Å². The van der Waals surface area contributed by atoms with Gasteiger partial charge in [0.05, 0.1) is 67.4 Å². The second kappa shape index (κ2) is 42.2. The number of benzene rings is 7. The molecule has 7 unspecified atom stereocenters. The number of hydrogen-bond acceptors (Lipinski definition) is 35. The first-order chi connectivity index (χ1) is 69.0. The average Bonchev–Trinajstić information content (AvgIpc) is 1.57. The van der Waals surface area contributed by atoms with E-state index in [1.165, 1.54) is 102 Å². The van der Waals surface area contributed by atoms with Crippen LogP contribution < -0.4 is 22.9 Å². The Hall–Kier alpha value is -18.2. The number of halogens is 1. The van der Waals surface area contributed by atoms with Gasteiger partial charge in [0.1, 0.15) is 39.8 Å². The lowest BCUT2D eigenvalue weighted by atomic mass is 9.91. The lowest BCUT2D eigenvalue weighted by Crippen LogP contribution is -2.58. The number of nitrogens with zero attached hydrogens (tertiary/aromatic N) is 9. The number of esters is 8. The van der Waals surface area contributed by atoms with Crippen molar-refractivity contribution in [1.29, 1.82) is 0 Å². The van der Waals surface area contributed by atoms with Crippen LogP contribution >= 0.6 is 11.6 Å². The Balaban J connectivity index is 0.000000152. The molecule has 14 N–H and O–H groups in total. The summed E-state index contributed by atoms with van der Waals surface area (Å²) < 4.78 is 18.5. The third kappa shape index (κ3) is 20.8. The molecule has 768 valence electrons. The van der Waals surface area contributed by atoms with Gasteiger partial charge in [-0.2, -0.15) is 0 Å². The van der Waals surface area contributed by atoms with Crippen LogP contribution in [0.4, 0.5) is 34.1 Å². The number of amides is 9. The number of fused-ring (bicyclic) bond motifs is 7. The summed E-state index contributed by atoms with van der Waals surface area (Å²) in [4.78, 5) is 299. The molecule has 11 aliphatic heterocycles. The van der Waals surface area contributed by atoms with Crippen molar-refractivity contribution in [1.82, 2.24) is 34.3 Å². The van der Waals surface area contributed by atoms with E-state index in [2.05, 4.69) is 18.9 Å². The maximum absolute atomic E-state index is 12.5. The van der Waals surface area contributed by atoms with E-state index in [-0.39, 0.29) is 176 Å². The first-order valence-electron chi connectivity index (χ1n) is 44.5. The van der Waals surface area contributed by atoms with Crippen LogP contribution in [0.5, 0.6) is 0 Å². The van der Waals surface area contributed by atoms with Crippen molar-refractivity contribution in [3.8, 4) is 0 Å². The monoisotopic (exact) mass is 2050 g/mol. The number of cyclic esters (lactones) is 8. The minimum Gasteiger partial charge on any atom is -0.481 e. The number of carboxylic acids is 6. The molecule has 7 atom stereocenters. The topological polar surface area (TPSA) is 764 Å². The smallest absolute Gasteiger partial charge is 0.339 e. The molecule has 7 aromatic rings. The van der Waals surface area contributed by atoms with E-state index >= 15 is 0 Å². The maximum Gasteiger partial charge on any atom is 0.339 e. The van der Waals surface area contributed by atoms with Crippen LogP contribution in [0, 0.1) is 20.2 Å². The quantitative estimate of drug-likeness (QED) is 0.00706. The summed E-state index contributed by atoms with van der Waals surface area (Å²) in [5, 5.41) is 76.8. The van der Waals surface area contributed by atoms with Gasteiger partial charge in [0.2, 0.25) is 0 Å². The molecular formula is C96H90ClN13O37. The van der Waals surface area contributed by atoms with Crippen LogP contribution in [0.25, 0.3) is 0 Å². The number of rotatable bonds is 21. The number of nitro groups is 2. The molecule has 7 aromatic carbocycles. The number of carboxylic acid groups (broad SMARTS) is 6. The minimum absolute atomic E-state index is 0.0183. The number of nitrogens with two attached hydrogens (primary N) is 4. The molecule has 4 saturated heterocycles. The zero-order chi connectivity index (χ0) is 108. The van der Waals surface area contributed by atoms with Crippen molar-refractivity contribution in [2.75, 3.05) is 22.9 Å². The number of hydrogen-bond donors (Lipinski definition) is 10. The number of nitro benzene ring substituents is 2. The lowest BCUT2D eigenvalue weighted by molar-refractivity contribution is -0.385. The first kappa shape index (κ1) is 108. The van der Waals surface area contributed by atoms with Crippen LogP contribution in [0.1, 0.15) is 246 Å². The number of aliphatic carboxylic acids is 6. The fourth-order valence-electron chi connectivity index (χ4n) is 18.0. The fraction of sp³-hybridized carbons (Fsp3) is 0.323. The number of anilines is 4. The van der Waals surface area contributed by atoms with Gasteiger partial charge in [-0.1, -0.05) is 54.1 Å². The summed E-state index contributed by atoms with van der Waals surface area (Å²) in [6.07, 6.45) is -1.09. The van der Waals surface area contributed by atoms with Gasteiger partial charge in [0.25, 0.3) is 64.5 Å². The Morgan fingerprint density at radius 1 is 0.415 bits per heavy atom. The minimum atomic E-state index is -1.96. The van der Waals surface area contributed by atoms with E-state index < -0.39 is 194 Å². The number of carbonyl (C=O) groups is 23. The highest BCUT2D eigenvalue weighted by Crippen LogP contribution is 2.45. The van der Waals surface area contributed by atoms with Crippen molar-refractivity contribution >= 4 is 182 Å². The van der Waals surface area contributed by atoms with Crippen LogP contribution in [0.15, 0.2) is 127 Å². The zero-order valence-corrected chi connectivity index (χ0v) is 79.0. The maximum atomic E-state index is 12.5. The third-order valence-corrected chi connectivity index (χ3v) is 27.0. The number of imide groups is 2. The van der Waals surface area contributed by atoms with Gasteiger partial charge in [-0.05, 0) is 152 Å². The highest BCUT2D eigenvalue weighted by molar-refractivity contribution is 6.32. The van der Waals surface area contributed by atoms with Crippen LogP contribution in [-0.2, 0) is 119 Å².